The van der Waals surface area contributed by atoms with E-state index in [4.69, 9.17) is 4.42 Å². The molecule has 1 aliphatic rings. The molecule has 0 N–H and O–H groups in total. The molecule has 0 spiro atoms. The van der Waals surface area contributed by atoms with Crippen LogP contribution in [0.5, 0.6) is 0 Å². The highest BCUT2D eigenvalue weighted by molar-refractivity contribution is 6.18. The van der Waals surface area contributed by atoms with Crippen molar-refractivity contribution in [1.82, 2.24) is 4.57 Å². The number of benzene rings is 9. The first-order valence-corrected chi connectivity index (χ1v) is 19.0. The van der Waals surface area contributed by atoms with E-state index >= 15 is 0 Å². The molecule has 11 aromatic rings. The number of furan rings is 1. The van der Waals surface area contributed by atoms with Gasteiger partial charge in [-0.1, -0.05) is 152 Å². The third-order valence-electron chi connectivity index (χ3n) is 11.9. The van der Waals surface area contributed by atoms with E-state index in [2.05, 4.69) is 193 Å². The normalized spacial score (nSPS) is 13.6. The highest BCUT2D eigenvalue weighted by atomic mass is 16.3. The predicted molar refractivity (Wildman–Crippen MR) is 229 cm³/mol. The number of aromatic nitrogens is 1. The lowest BCUT2D eigenvalue weighted by Crippen LogP contribution is -1.99. The van der Waals surface area contributed by atoms with Crippen LogP contribution in [0.3, 0.4) is 0 Å². The zero-order chi connectivity index (χ0) is 36.0. The van der Waals surface area contributed by atoms with Gasteiger partial charge in [0.15, 0.2) is 0 Å². The predicted octanol–water partition coefficient (Wildman–Crippen LogP) is 14.3. The molecule has 256 valence electrons. The molecular formula is C53H33NO. The number of nitrogens with zero attached hydrogens (tertiary/aromatic N) is 1. The topological polar surface area (TPSA) is 18.1 Å². The summed E-state index contributed by atoms with van der Waals surface area (Å²) in [6, 6.07) is 71.1. The minimum Gasteiger partial charge on any atom is -0.456 e. The molecule has 1 unspecified atom stereocenters. The molecule has 9 aromatic carbocycles. The summed E-state index contributed by atoms with van der Waals surface area (Å²) in [7, 11) is 0. The maximum atomic E-state index is 6.46. The van der Waals surface area contributed by atoms with Gasteiger partial charge in [-0.3, -0.25) is 0 Å². The molecule has 0 amide bonds. The highest BCUT2D eigenvalue weighted by Gasteiger charge is 2.30. The van der Waals surface area contributed by atoms with Gasteiger partial charge < -0.3 is 8.98 Å². The molecule has 0 radical (unpaired) electrons. The Balaban J connectivity index is 1.06. The van der Waals surface area contributed by atoms with Crippen molar-refractivity contribution in [3.05, 3.63) is 211 Å². The van der Waals surface area contributed by atoms with E-state index in [0.29, 0.717) is 0 Å². The van der Waals surface area contributed by atoms with Gasteiger partial charge in [0.25, 0.3) is 0 Å². The van der Waals surface area contributed by atoms with Crippen LogP contribution in [-0.4, -0.2) is 4.57 Å². The zero-order valence-electron chi connectivity index (χ0n) is 29.9. The summed E-state index contributed by atoms with van der Waals surface area (Å²) in [5.41, 5.74) is 16.9. The fourth-order valence-electron chi connectivity index (χ4n) is 9.35. The number of fused-ring (bicyclic) bond motifs is 10. The van der Waals surface area contributed by atoms with Gasteiger partial charge in [0.05, 0.1) is 16.7 Å². The number of para-hydroxylation sites is 1. The first-order chi connectivity index (χ1) is 27.3. The maximum absolute atomic E-state index is 6.46. The molecule has 0 bridgehead atoms. The summed E-state index contributed by atoms with van der Waals surface area (Å²) in [6.45, 7) is 0. The summed E-state index contributed by atoms with van der Waals surface area (Å²) in [6.07, 6.45) is 0. The van der Waals surface area contributed by atoms with Crippen molar-refractivity contribution in [3.8, 4) is 39.1 Å². The Morgan fingerprint density at radius 2 is 1.05 bits per heavy atom. The van der Waals surface area contributed by atoms with Crippen LogP contribution in [-0.2, 0) is 0 Å². The van der Waals surface area contributed by atoms with Crippen LogP contribution < -0.4 is 0 Å². The summed E-state index contributed by atoms with van der Waals surface area (Å²) >= 11 is 0. The van der Waals surface area contributed by atoms with Gasteiger partial charge in [-0.15, -0.1) is 0 Å². The SMILES string of the molecule is c1ccc(-c2cccc(C3c4ccccc4-c4cc(-c5ccc6c(c5)c5cc7c(cc5n6-c5cccc6ccccc56)oc5ccccc57)ccc43)c2)cc1. The van der Waals surface area contributed by atoms with Crippen LogP contribution >= 0.6 is 0 Å². The molecule has 2 heteroatoms. The molecule has 2 nitrogen and oxygen atoms in total. The second-order valence-corrected chi connectivity index (χ2v) is 14.8. The van der Waals surface area contributed by atoms with E-state index in [0.717, 1.165) is 33.1 Å². The number of hydrogen-bond donors (Lipinski definition) is 0. The minimum atomic E-state index is 0.178. The van der Waals surface area contributed by atoms with Gasteiger partial charge in [-0.05, 0) is 91.9 Å². The lowest BCUT2D eigenvalue weighted by atomic mass is 9.87. The van der Waals surface area contributed by atoms with Crippen molar-refractivity contribution in [2.45, 2.75) is 5.92 Å². The Hall–Kier alpha value is -7.16. The van der Waals surface area contributed by atoms with Gasteiger partial charge in [0.2, 0.25) is 0 Å². The highest BCUT2D eigenvalue weighted by Crippen LogP contribution is 2.50. The molecule has 1 aliphatic carbocycles. The molecule has 12 rings (SSSR count). The Morgan fingerprint density at radius 3 is 2.00 bits per heavy atom. The third kappa shape index (κ3) is 4.55. The van der Waals surface area contributed by atoms with Crippen LogP contribution in [0.2, 0.25) is 0 Å². The van der Waals surface area contributed by atoms with Crippen LogP contribution in [0.4, 0.5) is 0 Å². The maximum Gasteiger partial charge on any atom is 0.137 e. The van der Waals surface area contributed by atoms with Crippen molar-refractivity contribution in [2.24, 2.45) is 0 Å². The number of hydrogen-bond acceptors (Lipinski definition) is 1. The summed E-state index contributed by atoms with van der Waals surface area (Å²) < 4.78 is 8.88. The fourth-order valence-corrected chi connectivity index (χ4v) is 9.35. The van der Waals surface area contributed by atoms with E-state index in [1.54, 1.807) is 0 Å². The van der Waals surface area contributed by atoms with Crippen LogP contribution in [0.1, 0.15) is 22.6 Å². The minimum absolute atomic E-state index is 0.178. The average molecular weight is 700 g/mol. The van der Waals surface area contributed by atoms with E-state index in [9.17, 15) is 0 Å². The largest absolute Gasteiger partial charge is 0.456 e. The first-order valence-electron chi connectivity index (χ1n) is 19.0. The first kappa shape index (κ1) is 30.3. The molecule has 1 atom stereocenters. The van der Waals surface area contributed by atoms with Crippen molar-refractivity contribution in [2.75, 3.05) is 0 Å². The van der Waals surface area contributed by atoms with Crippen LogP contribution in [0, 0.1) is 0 Å². The smallest absolute Gasteiger partial charge is 0.137 e. The van der Waals surface area contributed by atoms with Crippen molar-refractivity contribution in [3.63, 3.8) is 0 Å². The fraction of sp³-hybridized carbons (Fsp3) is 0.0189. The molecule has 2 heterocycles. The second kappa shape index (κ2) is 11.7. The van der Waals surface area contributed by atoms with Crippen molar-refractivity contribution >= 4 is 54.5 Å². The van der Waals surface area contributed by atoms with Gasteiger partial charge in [-0.25, -0.2) is 0 Å². The molecule has 0 saturated heterocycles. The van der Waals surface area contributed by atoms with Crippen LogP contribution in [0.25, 0.3) is 93.6 Å². The van der Waals surface area contributed by atoms with Crippen molar-refractivity contribution < 1.29 is 4.42 Å². The molecule has 2 aromatic heterocycles. The lowest BCUT2D eigenvalue weighted by Gasteiger charge is -2.16. The zero-order valence-corrected chi connectivity index (χ0v) is 29.9. The summed E-state index contributed by atoms with van der Waals surface area (Å²) in [5.74, 6) is 0.178. The van der Waals surface area contributed by atoms with Gasteiger partial charge in [0, 0.05) is 38.9 Å². The average Bonchev–Trinajstić information content (AvgIpc) is 3.89. The van der Waals surface area contributed by atoms with Gasteiger partial charge in [0.1, 0.15) is 11.2 Å². The van der Waals surface area contributed by atoms with Gasteiger partial charge in [-0.2, -0.15) is 0 Å². The lowest BCUT2D eigenvalue weighted by molar-refractivity contribution is 0.669. The van der Waals surface area contributed by atoms with Gasteiger partial charge >= 0.3 is 0 Å². The Bertz CT molecular complexity index is 3320. The summed E-state index contributed by atoms with van der Waals surface area (Å²) in [4.78, 5) is 0. The monoisotopic (exact) mass is 699 g/mol. The number of rotatable bonds is 4. The van der Waals surface area contributed by atoms with E-state index in [1.807, 2.05) is 6.07 Å². The van der Waals surface area contributed by atoms with E-state index in [1.165, 1.54) is 77.1 Å². The summed E-state index contributed by atoms with van der Waals surface area (Å²) in [5, 5.41) is 7.17. The Morgan fingerprint density at radius 1 is 0.364 bits per heavy atom. The van der Waals surface area contributed by atoms with Crippen LogP contribution in [0.15, 0.2) is 199 Å². The Labute approximate surface area is 318 Å². The Kier molecular flexibility index (Phi) is 6.43. The molecular weight excluding hydrogens is 667 g/mol. The second-order valence-electron chi connectivity index (χ2n) is 14.8. The molecule has 55 heavy (non-hydrogen) atoms. The molecule has 0 fully saturated rings. The van der Waals surface area contributed by atoms with E-state index < -0.39 is 0 Å². The standard InChI is InChI=1S/C53H33NO/c1-2-12-33(13-3-1)35-16-10-17-38(28-35)53-42-21-7-6-19-40(42)44-29-36(24-26-43(44)53)37-25-27-49-45(30-37)46-31-47-41-20-8-9-23-51(41)55-52(47)32-50(46)54(49)48-22-11-15-34-14-4-5-18-39(34)48/h1-32,53H. The third-order valence-corrected chi connectivity index (χ3v) is 11.9. The molecule has 0 aliphatic heterocycles. The molecule has 0 saturated carbocycles. The van der Waals surface area contributed by atoms with E-state index in [-0.39, 0.29) is 5.92 Å². The quantitative estimate of drug-likeness (QED) is 0.179. The van der Waals surface area contributed by atoms with Crippen molar-refractivity contribution in [1.29, 1.82) is 0 Å².